The zero-order valence-electron chi connectivity index (χ0n) is 17.5. The summed E-state index contributed by atoms with van der Waals surface area (Å²) >= 11 is 0. The van der Waals surface area contributed by atoms with E-state index in [1.807, 2.05) is 0 Å². The first kappa shape index (κ1) is 29.8. The third-order valence-electron chi connectivity index (χ3n) is 4.45. The number of aliphatic hydroxyl groups excluding tert-OH is 1. The Bertz CT molecular complexity index is 426. The van der Waals surface area contributed by atoms with E-state index >= 15 is 0 Å². The molecule has 7 heteroatoms. The van der Waals surface area contributed by atoms with Gasteiger partial charge in [0.05, 0.1) is 12.7 Å². The number of hydrogen-bond donors (Lipinski definition) is 1. The monoisotopic (exact) mass is 414 g/mol. The van der Waals surface area contributed by atoms with E-state index in [0.717, 1.165) is 25.7 Å². The summed E-state index contributed by atoms with van der Waals surface area (Å²) in [6.07, 6.45) is 21.3. The molecule has 0 aromatic rings. The Balaban J connectivity index is 0. The van der Waals surface area contributed by atoms with Gasteiger partial charge in [0.25, 0.3) is 0 Å². The van der Waals surface area contributed by atoms with Crippen molar-refractivity contribution in [1.29, 1.82) is 0 Å². The van der Waals surface area contributed by atoms with Gasteiger partial charge < -0.3 is 9.66 Å². The SMILES string of the molecule is CCCCCCCC/C=C\CCCCCCCCC(O)COS(=O)(=O)[O-].[Na+]. The second-order valence-corrected chi connectivity index (χ2v) is 8.13. The van der Waals surface area contributed by atoms with Gasteiger partial charge in [0, 0.05) is 0 Å². The number of hydrogen-bond acceptors (Lipinski definition) is 5. The van der Waals surface area contributed by atoms with Crippen LogP contribution in [0.5, 0.6) is 0 Å². The van der Waals surface area contributed by atoms with Crippen molar-refractivity contribution >= 4 is 10.4 Å². The van der Waals surface area contributed by atoms with E-state index in [4.69, 9.17) is 0 Å². The van der Waals surface area contributed by atoms with E-state index in [1.165, 1.54) is 64.2 Å². The van der Waals surface area contributed by atoms with Gasteiger partial charge in [-0.1, -0.05) is 83.3 Å². The molecule has 5 nitrogen and oxygen atoms in total. The van der Waals surface area contributed by atoms with Gasteiger partial charge in [-0.15, -0.1) is 0 Å². The average Bonchev–Trinajstić information content (AvgIpc) is 2.59. The van der Waals surface area contributed by atoms with E-state index in [2.05, 4.69) is 23.3 Å². The van der Waals surface area contributed by atoms with Crippen molar-refractivity contribution in [3.63, 3.8) is 0 Å². The molecule has 0 aromatic heterocycles. The number of rotatable bonds is 19. The molecule has 0 amide bonds. The molecule has 0 heterocycles. The fourth-order valence-corrected chi connectivity index (χ4v) is 3.20. The second-order valence-electron chi connectivity index (χ2n) is 7.07. The molecule has 0 saturated heterocycles. The minimum absolute atomic E-state index is 0. The first-order valence-corrected chi connectivity index (χ1v) is 11.7. The molecule has 0 radical (unpaired) electrons. The molecule has 0 rings (SSSR count). The molecule has 0 aliphatic heterocycles. The molecule has 1 atom stereocenters. The van der Waals surface area contributed by atoms with Crippen LogP contribution in [0, 0.1) is 0 Å². The molecule has 0 saturated carbocycles. The third kappa shape index (κ3) is 26.6. The van der Waals surface area contributed by atoms with E-state index in [-0.39, 0.29) is 29.6 Å². The summed E-state index contributed by atoms with van der Waals surface area (Å²) in [4.78, 5) is 0. The minimum atomic E-state index is -4.70. The molecule has 0 aliphatic carbocycles. The molecule has 0 bridgehead atoms. The normalized spacial score (nSPS) is 13.0. The first-order chi connectivity index (χ1) is 12.5. The summed E-state index contributed by atoms with van der Waals surface area (Å²) < 4.78 is 34.8. The fourth-order valence-electron chi connectivity index (χ4n) is 2.87. The van der Waals surface area contributed by atoms with Gasteiger partial charge in [-0.3, -0.25) is 4.18 Å². The zero-order chi connectivity index (χ0) is 19.5. The Kier molecular flexibility index (Phi) is 23.5. The maximum atomic E-state index is 10.3. The van der Waals surface area contributed by atoms with E-state index in [9.17, 15) is 18.1 Å². The predicted molar refractivity (Wildman–Crippen MR) is 106 cm³/mol. The van der Waals surface area contributed by atoms with Crippen molar-refractivity contribution in [2.45, 2.75) is 109 Å². The number of unbranched alkanes of at least 4 members (excludes halogenated alkanes) is 12. The van der Waals surface area contributed by atoms with Crippen LogP contribution in [0.15, 0.2) is 12.2 Å². The maximum Gasteiger partial charge on any atom is 1.00 e. The summed E-state index contributed by atoms with van der Waals surface area (Å²) in [5.41, 5.74) is 0. The molecule has 156 valence electrons. The molecular formula is C20H39NaO5S. The quantitative estimate of drug-likeness (QED) is 0.115. The Labute approximate surface area is 189 Å². The van der Waals surface area contributed by atoms with Gasteiger partial charge >= 0.3 is 29.6 Å². The summed E-state index contributed by atoms with van der Waals surface area (Å²) in [7, 11) is -4.70. The molecule has 0 aromatic carbocycles. The third-order valence-corrected chi connectivity index (χ3v) is 4.88. The molecule has 0 fully saturated rings. The van der Waals surface area contributed by atoms with Crippen LogP contribution in [0.3, 0.4) is 0 Å². The van der Waals surface area contributed by atoms with Crippen molar-refractivity contribution in [2.24, 2.45) is 0 Å². The van der Waals surface area contributed by atoms with Crippen molar-refractivity contribution in [3.8, 4) is 0 Å². The largest absolute Gasteiger partial charge is 1.00 e. The van der Waals surface area contributed by atoms with Gasteiger partial charge in [-0.05, 0) is 32.1 Å². The Morgan fingerprint density at radius 1 is 0.852 bits per heavy atom. The predicted octanol–water partition coefficient (Wildman–Crippen LogP) is 2.26. The summed E-state index contributed by atoms with van der Waals surface area (Å²) in [5, 5.41) is 9.49. The fraction of sp³-hybridized carbons (Fsp3) is 0.900. The summed E-state index contributed by atoms with van der Waals surface area (Å²) in [5.74, 6) is 0. The van der Waals surface area contributed by atoms with Crippen LogP contribution in [-0.4, -0.2) is 30.8 Å². The number of aliphatic hydroxyl groups is 1. The van der Waals surface area contributed by atoms with Gasteiger partial charge in [0.2, 0.25) is 10.4 Å². The average molecular weight is 415 g/mol. The molecule has 1 unspecified atom stereocenters. The molecule has 27 heavy (non-hydrogen) atoms. The van der Waals surface area contributed by atoms with Gasteiger partial charge in [0.1, 0.15) is 0 Å². The minimum Gasteiger partial charge on any atom is -0.726 e. The molecule has 0 aliphatic rings. The maximum absolute atomic E-state index is 10.3. The molecule has 1 N–H and O–H groups in total. The summed E-state index contributed by atoms with van der Waals surface area (Å²) in [6.45, 7) is 1.81. The zero-order valence-corrected chi connectivity index (χ0v) is 20.4. The smallest absolute Gasteiger partial charge is 0.726 e. The van der Waals surface area contributed by atoms with Gasteiger partial charge in [-0.2, -0.15) is 0 Å². The van der Waals surface area contributed by atoms with Crippen LogP contribution in [0.1, 0.15) is 103 Å². The van der Waals surface area contributed by atoms with E-state index < -0.39 is 23.1 Å². The first-order valence-electron chi connectivity index (χ1n) is 10.4. The molecular weight excluding hydrogens is 375 g/mol. The van der Waals surface area contributed by atoms with E-state index in [0.29, 0.717) is 6.42 Å². The molecule has 0 spiro atoms. The van der Waals surface area contributed by atoms with E-state index in [1.54, 1.807) is 0 Å². The van der Waals surface area contributed by atoms with Crippen LogP contribution >= 0.6 is 0 Å². The van der Waals surface area contributed by atoms with Crippen molar-refractivity contribution < 1.29 is 51.8 Å². The Morgan fingerprint density at radius 3 is 1.78 bits per heavy atom. The Hall–Kier alpha value is 0.570. The Morgan fingerprint density at radius 2 is 1.30 bits per heavy atom. The van der Waals surface area contributed by atoms with Crippen molar-refractivity contribution in [3.05, 3.63) is 12.2 Å². The summed E-state index contributed by atoms with van der Waals surface area (Å²) in [6, 6.07) is 0. The van der Waals surface area contributed by atoms with Crippen LogP contribution in [0.2, 0.25) is 0 Å². The van der Waals surface area contributed by atoms with Gasteiger partial charge in [-0.25, -0.2) is 8.42 Å². The second kappa shape index (κ2) is 21.3. The van der Waals surface area contributed by atoms with Gasteiger partial charge in [0.15, 0.2) is 0 Å². The van der Waals surface area contributed by atoms with Crippen LogP contribution in [0.25, 0.3) is 0 Å². The van der Waals surface area contributed by atoms with Crippen molar-refractivity contribution in [1.82, 2.24) is 0 Å². The van der Waals surface area contributed by atoms with Crippen LogP contribution in [0.4, 0.5) is 0 Å². The number of allylic oxidation sites excluding steroid dienone is 2. The van der Waals surface area contributed by atoms with Crippen LogP contribution < -0.4 is 29.6 Å². The topological polar surface area (TPSA) is 86.7 Å². The standard InChI is InChI=1S/C20H40O5S.Na/c1-2-3-4-5-6-7-8-9-10-11-12-13-14-15-16-17-18-20(21)19-25-26(22,23)24;/h9-10,20-21H,2-8,11-19H2,1H3,(H,22,23,24);/q;+1/p-1/b10-9-;. The van der Waals surface area contributed by atoms with Crippen molar-refractivity contribution in [2.75, 3.05) is 6.61 Å². The van der Waals surface area contributed by atoms with Crippen LogP contribution in [-0.2, 0) is 14.6 Å².